The van der Waals surface area contributed by atoms with Crippen LogP contribution in [0.25, 0.3) is 33.6 Å². The summed E-state index contributed by atoms with van der Waals surface area (Å²) in [6.07, 6.45) is 2.06. The van der Waals surface area contributed by atoms with Crippen LogP contribution in [0.1, 0.15) is 24.7 Å². The first-order valence-corrected chi connectivity index (χ1v) is 9.19. The largest absolute Gasteiger partial charge is 0.436 e. The first-order chi connectivity index (χ1) is 12.7. The molecule has 5 nitrogen and oxygen atoms in total. The molecule has 0 radical (unpaired) electrons. The minimum absolute atomic E-state index is 0.450. The lowest BCUT2D eigenvalue weighted by Crippen LogP contribution is -2.20. The number of aryl methyl sites for hydroxylation is 1. The number of benzene rings is 2. The van der Waals surface area contributed by atoms with Gasteiger partial charge in [-0.05, 0) is 50.1 Å². The number of ether oxygens (including phenoxy) is 1. The molecule has 1 fully saturated rings. The van der Waals surface area contributed by atoms with Gasteiger partial charge >= 0.3 is 0 Å². The Morgan fingerprint density at radius 1 is 1.04 bits per heavy atom. The summed E-state index contributed by atoms with van der Waals surface area (Å²) >= 11 is 6.04. The van der Waals surface area contributed by atoms with E-state index in [-0.39, 0.29) is 0 Å². The predicted octanol–water partition coefficient (Wildman–Crippen LogP) is 5.16. The molecule has 0 amide bonds. The number of nitrogens with zero attached hydrogens (tertiary/aromatic N) is 3. The molecule has 0 bridgehead atoms. The predicted molar refractivity (Wildman–Crippen MR) is 102 cm³/mol. The third kappa shape index (κ3) is 2.59. The summed E-state index contributed by atoms with van der Waals surface area (Å²) < 4.78 is 13.7. The zero-order valence-electron chi connectivity index (χ0n) is 14.4. The molecule has 1 saturated heterocycles. The molecule has 0 aliphatic carbocycles. The first kappa shape index (κ1) is 15.9. The first-order valence-electron chi connectivity index (χ1n) is 8.82. The van der Waals surface area contributed by atoms with E-state index in [9.17, 15) is 0 Å². The van der Waals surface area contributed by atoms with Crippen molar-refractivity contribution >= 4 is 33.7 Å². The van der Waals surface area contributed by atoms with Crippen molar-refractivity contribution in [1.29, 1.82) is 0 Å². The molecule has 0 spiro atoms. The van der Waals surface area contributed by atoms with E-state index < -0.39 is 0 Å². The van der Waals surface area contributed by atoms with Gasteiger partial charge in [0.15, 0.2) is 5.58 Å². The molecular weight excluding hydrogens is 350 g/mol. The SMILES string of the molecule is Cc1nc2cc(-c3nc4ccc(Cl)cc4o3)ccc2n1C1CCOCC1. The Morgan fingerprint density at radius 2 is 1.88 bits per heavy atom. The van der Waals surface area contributed by atoms with Crippen LogP contribution in [0.3, 0.4) is 0 Å². The second-order valence-electron chi connectivity index (χ2n) is 6.71. The summed E-state index contributed by atoms with van der Waals surface area (Å²) in [5.41, 5.74) is 4.52. The number of hydrogen-bond donors (Lipinski definition) is 0. The molecule has 0 saturated carbocycles. The van der Waals surface area contributed by atoms with Gasteiger partial charge in [-0.3, -0.25) is 0 Å². The van der Waals surface area contributed by atoms with Crippen molar-refractivity contribution < 1.29 is 9.15 Å². The van der Waals surface area contributed by atoms with Gasteiger partial charge in [0.05, 0.1) is 11.0 Å². The van der Waals surface area contributed by atoms with E-state index in [0.29, 0.717) is 22.5 Å². The van der Waals surface area contributed by atoms with Crippen LogP contribution in [0.5, 0.6) is 0 Å². The Balaban J connectivity index is 1.59. The molecule has 3 heterocycles. The Hall–Kier alpha value is -2.37. The van der Waals surface area contributed by atoms with Gasteiger partial charge in [0, 0.05) is 35.9 Å². The van der Waals surface area contributed by atoms with Crippen molar-refractivity contribution in [2.45, 2.75) is 25.8 Å². The highest BCUT2D eigenvalue weighted by atomic mass is 35.5. The van der Waals surface area contributed by atoms with Crippen molar-refractivity contribution in [3.8, 4) is 11.5 Å². The molecule has 0 atom stereocenters. The average molecular weight is 368 g/mol. The highest BCUT2D eigenvalue weighted by Gasteiger charge is 2.20. The van der Waals surface area contributed by atoms with Crippen LogP contribution >= 0.6 is 11.6 Å². The Labute approximate surface area is 155 Å². The van der Waals surface area contributed by atoms with Crippen LogP contribution in [0, 0.1) is 6.92 Å². The van der Waals surface area contributed by atoms with Crippen LogP contribution in [-0.2, 0) is 4.74 Å². The fourth-order valence-corrected chi connectivity index (χ4v) is 3.94. The number of aromatic nitrogens is 3. The average Bonchev–Trinajstić information content (AvgIpc) is 3.21. The Bertz CT molecular complexity index is 1110. The number of oxazole rings is 1. The summed E-state index contributed by atoms with van der Waals surface area (Å²) in [6.45, 7) is 3.69. The Morgan fingerprint density at radius 3 is 2.73 bits per heavy atom. The number of fused-ring (bicyclic) bond motifs is 2. The van der Waals surface area contributed by atoms with E-state index in [1.807, 2.05) is 24.3 Å². The molecule has 1 aliphatic rings. The van der Waals surface area contributed by atoms with Crippen molar-refractivity contribution in [3.63, 3.8) is 0 Å². The van der Waals surface area contributed by atoms with Gasteiger partial charge < -0.3 is 13.7 Å². The second kappa shape index (κ2) is 6.11. The molecule has 6 heteroatoms. The number of hydrogen-bond acceptors (Lipinski definition) is 4. The van der Waals surface area contributed by atoms with E-state index in [4.69, 9.17) is 25.7 Å². The summed E-state index contributed by atoms with van der Waals surface area (Å²) in [5, 5.41) is 0.640. The lowest BCUT2D eigenvalue weighted by Gasteiger charge is -2.25. The van der Waals surface area contributed by atoms with Gasteiger partial charge in [-0.2, -0.15) is 0 Å². The van der Waals surface area contributed by atoms with Crippen LogP contribution in [0.2, 0.25) is 5.02 Å². The van der Waals surface area contributed by atoms with Gasteiger partial charge in [-0.15, -0.1) is 0 Å². The highest BCUT2D eigenvalue weighted by molar-refractivity contribution is 6.31. The summed E-state index contributed by atoms with van der Waals surface area (Å²) in [5.74, 6) is 1.62. The normalized spacial score (nSPS) is 15.9. The van der Waals surface area contributed by atoms with Gasteiger partial charge in [0.1, 0.15) is 11.3 Å². The number of rotatable bonds is 2. The highest BCUT2D eigenvalue weighted by Crippen LogP contribution is 2.31. The molecule has 132 valence electrons. The van der Waals surface area contributed by atoms with Gasteiger partial charge in [0.2, 0.25) is 5.89 Å². The molecule has 26 heavy (non-hydrogen) atoms. The molecule has 4 aromatic rings. The van der Waals surface area contributed by atoms with Crippen molar-refractivity contribution in [2.75, 3.05) is 13.2 Å². The van der Waals surface area contributed by atoms with Gasteiger partial charge in [-0.1, -0.05) is 11.6 Å². The monoisotopic (exact) mass is 367 g/mol. The third-order valence-corrected chi connectivity index (χ3v) is 5.25. The quantitative estimate of drug-likeness (QED) is 0.491. The standard InChI is InChI=1S/C20H18ClN3O2/c1-12-22-17-10-13(20-23-16-4-3-14(21)11-19(16)26-20)2-5-18(17)24(12)15-6-8-25-9-7-15/h2-5,10-11,15H,6-9H2,1H3. The van der Waals surface area contributed by atoms with Crippen LogP contribution in [-0.4, -0.2) is 27.7 Å². The fraction of sp³-hybridized carbons (Fsp3) is 0.300. The molecule has 0 N–H and O–H groups in total. The zero-order chi connectivity index (χ0) is 17.7. The summed E-state index contributed by atoms with van der Waals surface area (Å²) in [6, 6.07) is 12.1. The minimum Gasteiger partial charge on any atom is -0.436 e. The lowest BCUT2D eigenvalue weighted by molar-refractivity contribution is 0.0701. The van der Waals surface area contributed by atoms with E-state index in [1.54, 1.807) is 6.07 Å². The van der Waals surface area contributed by atoms with Crippen LogP contribution in [0.15, 0.2) is 40.8 Å². The van der Waals surface area contributed by atoms with E-state index in [2.05, 4.69) is 22.5 Å². The van der Waals surface area contributed by atoms with E-state index >= 15 is 0 Å². The zero-order valence-corrected chi connectivity index (χ0v) is 15.2. The Kier molecular flexibility index (Phi) is 3.72. The number of imidazole rings is 1. The molecule has 1 aliphatic heterocycles. The maximum Gasteiger partial charge on any atom is 0.227 e. The smallest absolute Gasteiger partial charge is 0.227 e. The molecular formula is C20H18ClN3O2. The molecule has 2 aromatic carbocycles. The third-order valence-electron chi connectivity index (χ3n) is 5.02. The van der Waals surface area contributed by atoms with Gasteiger partial charge in [0.25, 0.3) is 0 Å². The summed E-state index contributed by atoms with van der Waals surface area (Å²) in [7, 11) is 0. The molecule has 5 rings (SSSR count). The minimum atomic E-state index is 0.450. The molecule has 2 aromatic heterocycles. The van der Waals surface area contributed by atoms with Crippen LogP contribution < -0.4 is 0 Å². The van der Waals surface area contributed by atoms with Crippen LogP contribution in [0.4, 0.5) is 0 Å². The van der Waals surface area contributed by atoms with E-state index in [1.165, 1.54) is 0 Å². The van der Waals surface area contributed by atoms with Crippen molar-refractivity contribution in [1.82, 2.24) is 14.5 Å². The number of halogens is 1. The topological polar surface area (TPSA) is 53.1 Å². The van der Waals surface area contributed by atoms with E-state index in [0.717, 1.165) is 54.0 Å². The lowest BCUT2D eigenvalue weighted by atomic mass is 10.1. The van der Waals surface area contributed by atoms with Gasteiger partial charge in [-0.25, -0.2) is 9.97 Å². The maximum atomic E-state index is 6.04. The second-order valence-corrected chi connectivity index (χ2v) is 7.14. The van der Waals surface area contributed by atoms with Crippen molar-refractivity contribution in [2.24, 2.45) is 0 Å². The molecule has 0 unspecified atom stereocenters. The summed E-state index contributed by atoms with van der Waals surface area (Å²) in [4.78, 5) is 9.35. The maximum absolute atomic E-state index is 6.04. The van der Waals surface area contributed by atoms with Crippen molar-refractivity contribution in [3.05, 3.63) is 47.2 Å². The fourth-order valence-electron chi connectivity index (χ4n) is 3.78.